The Bertz CT molecular complexity index is 441. The maximum Gasteiger partial charge on any atom is 0.306 e. The first-order valence-electron chi connectivity index (χ1n) is 5.94. The first-order chi connectivity index (χ1) is 8.70. The number of hydrogen-bond donors (Lipinski definition) is 2. The molecule has 0 saturated heterocycles. The van der Waals surface area contributed by atoms with Crippen molar-refractivity contribution in [1.82, 2.24) is 5.32 Å². The van der Waals surface area contributed by atoms with Crippen molar-refractivity contribution in [3.63, 3.8) is 0 Å². The lowest BCUT2D eigenvalue weighted by Crippen LogP contribution is -2.33. The van der Waals surface area contributed by atoms with Gasteiger partial charge in [0.05, 0.1) is 13.0 Å². The summed E-state index contributed by atoms with van der Waals surface area (Å²) in [5, 5.41) is 15.3. The van der Waals surface area contributed by atoms with Crippen molar-refractivity contribution in [1.29, 1.82) is 0 Å². The highest BCUT2D eigenvalue weighted by atomic mass is 32.1. The van der Waals surface area contributed by atoms with E-state index in [1.807, 2.05) is 17.5 Å². The summed E-state index contributed by atoms with van der Waals surface area (Å²) in [6.07, 6.45) is 5.29. The summed E-state index contributed by atoms with van der Waals surface area (Å²) in [6.45, 7) is 0.702. The van der Waals surface area contributed by atoms with Gasteiger partial charge in [0, 0.05) is 18.2 Å². The molecule has 0 unspecified atom stereocenters. The van der Waals surface area contributed by atoms with E-state index < -0.39 is 5.97 Å². The van der Waals surface area contributed by atoms with Gasteiger partial charge in [-0.1, -0.05) is 12.2 Å². The maximum atomic E-state index is 11.0. The number of rotatable bonds is 5. The molecule has 4 nitrogen and oxygen atoms in total. The lowest BCUT2D eigenvalue weighted by molar-refractivity contribution is -0.142. The molecule has 2 N–H and O–H groups in total. The van der Waals surface area contributed by atoms with E-state index in [1.54, 1.807) is 18.4 Å². The van der Waals surface area contributed by atoms with Crippen LogP contribution < -0.4 is 10.1 Å². The zero-order valence-corrected chi connectivity index (χ0v) is 11.1. The number of nitrogens with one attached hydrogen (secondary N) is 1. The molecule has 1 aromatic rings. The predicted octanol–water partition coefficient (Wildman–Crippen LogP) is 2.27. The molecule has 0 aromatic carbocycles. The molecule has 0 aliphatic heterocycles. The Hall–Kier alpha value is -1.33. The minimum Gasteiger partial charge on any atom is -0.487 e. The van der Waals surface area contributed by atoms with Crippen molar-refractivity contribution < 1.29 is 14.6 Å². The molecule has 0 amide bonds. The fourth-order valence-electron chi connectivity index (χ4n) is 2.11. The van der Waals surface area contributed by atoms with E-state index in [0.29, 0.717) is 19.4 Å². The van der Waals surface area contributed by atoms with Crippen LogP contribution in [0.3, 0.4) is 0 Å². The molecule has 0 fully saturated rings. The summed E-state index contributed by atoms with van der Waals surface area (Å²) in [4.78, 5) is 11.0. The van der Waals surface area contributed by atoms with Gasteiger partial charge < -0.3 is 15.2 Å². The van der Waals surface area contributed by atoms with Gasteiger partial charge in [-0.2, -0.15) is 0 Å². The Morgan fingerprint density at radius 3 is 3.22 bits per heavy atom. The molecule has 2 atom stereocenters. The van der Waals surface area contributed by atoms with Gasteiger partial charge in [-0.25, -0.2) is 0 Å². The monoisotopic (exact) mass is 267 g/mol. The highest BCUT2D eigenvalue weighted by molar-refractivity contribution is 7.12. The van der Waals surface area contributed by atoms with Crippen molar-refractivity contribution in [3.05, 3.63) is 29.2 Å². The summed E-state index contributed by atoms with van der Waals surface area (Å²) >= 11 is 1.57. The molecule has 18 heavy (non-hydrogen) atoms. The summed E-state index contributed by atoms with van der Waals surface area (Å²) in [5.41, 5.74) is 1.12. The Labute approximate surface area is 110 Å². The van der Waals surface area contributed by atoms with Crippen LogP contribution in [0.15, 0.2) is 23.6 Å². The molecule has 98 valence electrons. The first-order valence-corrected chi connectivity index (χ1v) is 6.82. The standard InChI is InChI=1S/C13H17NO3S/c1-17-13-10(5-6-18-13)8-14-11-4-2-3-9(7-11)12(15)16/h2,4-6,9,11,14H,3,7-8H2,1H3,(H,15,16)/t9-,11-/m0/s1. The highest BCUT2D eigenvalue weighted by Crippen LogP contribution is 2.26. The van der Waals surface area contributed by atoms with Gasteiger partial charge in [0.15, 0.2) is 5.06 Å². The fourth-order valence-corrected chi connectivity index (χ4v) is 2.86. The van der Waals surface area contributed by atoms with Crippen LogP contribution in [0, 0.1) is 5.92 Å². The van der Waals surface area contributed by atoms with Crippen molar-refractivity contribution in [2.75, 3.05) is 7.11 Å². The summed E-state index contributed by atoms with van der Waals surface area (Å²) in [6, 6.07) is 2.15. The molecule has 1 aliphatic rings. The van der Waals surface area contributed by atoms with E-state index in [2.05, 4.69) is 11.4 Å². The molecule has 1 aromatic heterocycles. The zero-order valence-electron chi connectivity index (χ0n) is 10.3. The summed E-state index contributed by atoms with van der Waals surface area (Å²) in [5.74, 6) is -0.976. The molecular formula is C13H17NO3S. The zero-order chi connectivity index (χ0) is 13.0. The highest BCUT2D eigenvalue weighted by Gasteiger charge is 2.23. The van der Waals surface area contributed by atoms with E-state index in [0.717, 1.165) is 10.6 Å². The second-order valence-corrected chi connectivity index (χ2v) is 5.24. The van der Waals surface area contributed by atoms with Gasteiger partial charge in [0.1, 0.15) is 0 Å². The van der Waals surface area contributed by atoms with E-state index in [1.165, 1.54) is 0 Å². The molecular weight excluding hydrogens is 250 g/mol. The van der Waals surface area contributed by atoms with Crippen LogP contribution in [0.4, 0.5) is 0 Å². The minimum atomic E-state index is -0.709. The van der Waals surface area contributed by atoms with Crippen LogP contribution >= 0.6 is 11.3 Å². The van der Waals surface area contributed by atoms with Crippen molar-refractivity contribution in [2.45, 2.75) is 25.4 Å². The van der Waals surface area contributed by atoms with Gasteiger partial charge in [-0.05, 0) is 24.3 Å². The number of ether oxygens (including phenoxy) is 1. The van der Waals surface area contributed by atoms with E-state index in [4.69, 9.17) is 9.84 Å². The number of carboxylic acid groups (broad SMARTS) is 1. The summed E-state index contributed by atoms with van der Waals surface area (Å²) in [7, 11) is 1.66. The molecule has 5 heteroatoms. The third-order valence-corrected chi connectivity index (χ3v) is 4.04. The van der Waals surface area contributed by atoms with E-state index >= 15 is 0 Å². The molecule has 0 radical (unpaired) electrons. The van der Waals surface area contributed by atoms with Crippen LogP contribution in [0.1, 0.15) is 18.4 Å². The van der Waals surface area contributed by atoms with E-state index in [9.17, 15) is 4.79 Å². The third-order valence-electron chi connectivity index (χ3n) is 3.12. The smallest absolute Gasteiger partial charge is 0.306 e. The van der Waals surface area contributed by atoms with Gasteiger partial charge in [0.25, 0.3) is 0 Å². The van der Waals surface area contributed by atoms with Gasteiger partial charge in [-0.3, -0.25) is 4.79 Å². The van der Waals surface area contributed by atoms with Gasteiger partial charge in [0.2, 0.25) is 0 Å². The topological polar surface area (TPSA) is 58.6 Å². The number of hydrogen-bond acceptors (Lipinski definition) is 4. The number of carbonyl (C=O) groups is 1. The van der Waals surface area contributed by atoms with Gasteiger partial charge >= 0.3 is 5.97 Å². The van der Waals surface area contributed by atoms with Crippen LogP contribution in [0.5, 0.6) is 5.06 Å². The lowest BCUT2D eigenvalue weighted by Gasteiger charge is -2.22. The quantitative estimate of drug-likeness (QED) is 0.803. The fraction of sp³-hybridized carbons (Fsp3) is 0.462. The minimum absolute atomic E-state index is 0.129. The lowest BCUT2D eigenvalue weighted by atomic mass is 9.91. The summed E-state index contributed by atoms with van der Waals surface area (Å²) < 4.78 is 5.25. The Morgan fingerprint density at radius 1 is 1.67 bits per heavy atom. The van der Waals surface area contributed by atoms with Crippen LogP contribution in [-0.4, -0.2) is 24.2 Å². The normalized spacial score (nSPS) is 22.9. The average Bonchev–Trinajstić information content (AvgIpc) is 2.84. The second kappa shape index (κ2) is 6.02. The number of methoxy groups -OCH3 is 1. The van der Waals surface area contributed by atoms with Gasteiger partial charge in [-0.15, -0.1) is 11.3 Å². The maximum absolute atomic E-state index is 11.0. The second-order valence-electron chi connectivity index (χ2n) is 4.36. The number of carboxylic acids is 1. The number of thiophene rings is 1. The number of allylic oxidation sites excluding steroid dienone is 1. The molecule has 1 heterocycles. The third kappa shape index (κ3) is 3.11. The Morgan fingerprint density at radius 2 is 2.50 bits per heavy atom. The van der Waals surface area contributed by atoms with Crippen molar-refractivity contribution in [2.24, 2.45) is 5.92 Å². The number of aliphatic carboxylic acids is 1. The molecule has 2 rings (SSSR count). The van der Waals surface area contributed by atoms with E-state index in [-0.39, 0.29) is 12.0 Å². The van der Waals surface area contributed by atoms with Crippen molar-refractivity contribution >= 4 is 17.3 Å². The van der Waals surface area contributed by atoms with Crippen LogP contribution in [-0.2, 0) is 11.3 Å². The van der Waals surface area contributed by atoms with Crippen LogP contribution in [0.2, 0.25) is 0 Å². The molecule has 0 saturated carbocycles. The Kier molecular flexibility index (Phi) is 4.38. The van der Waals surface area contributed by atoms with Crippen molar-refractivity contribution in [3.8, 4) is 5.06 Å². The average molecular weight is 267 g/mol. The largest absolute Gasteiger partial charge is 0.487 e. The molecule has 0 bridgehead atoms. The SMILES string of the molecule is COc1sccc1CN[C@H]1C=CC[C@H](C(=O)O)C1. The first kappa shape index (κ1) is 13.1. The predicted molar refractivity (Wildman–Crippen MR) is 71.0 cm³/mol. The Balaban J connectivity index is 1.89. The van der Waals surface area contributed by atoms with Crippen LogP contribution in [0.25, 0.3) is 0 Å². The molecule has 0 spiro atoms. The molecule has 1 aliphatic carbocycles.